The molecule has 0 unspecified atom stereocenters. The van der Waals surface area contributed by atoms with Crippen molar-refractivity contribution in [3.63, 3.8) is 0 Å². The van der Waals surface area contributed by atoms with Gasteiger partial charge in [-0.3, -0.25) is 9.59 Å². The molecule has 0 atom stereocenters. The molecule has 0 aliphatic heterocycles. The quantitative estimate of drug-likeness (QED) is 0.158. The molecule has 0 fully saturated rings. The van der Waals surface area contributed by atoms with Crippen LogP contribution in [0.5, 0.6) is 0 Å². The van der Waals surface area contributed by atoms with Gasteiger partial charge in [-0.2, -0.15) is 0 Å². The SMILES string of the molecule is C=C(CN(CCC)C(=O)CNC(=O)OC)N/C(=C\C)c1ccc(C#Cc2ccc(-c3cnc(CN(CCC)C(=O)CNC(=O)OC)[nH]3)cc2)cc1. The number of imidazole rings is 1. The number of aromatic nitrogens is 2. The number of aromatic amines is 1. The van der Waals surface area contributed by atoms with E-state index in [1.165, 1.54) is 14.2 Å². The van der Waals surface area contributed by atoms with Crippen molar-refractivity contribution in [2.75, 3.05) is 46.9 Å². The highest BCUT2D eigenvalue weighted by Crippen LogP contribution is 2.19. The van der Waals surface area contributed by atoms with Gasteiger partial charge in [-0.15, -0.1) is 0 Å². The van der Waals surface area contributed by atoms with Gasteiger partial charge in [0.25, 0.3) is 0 Å². The highest BCUT2D eigenvalue weighted by atomic mass is 16.5. The van der Waals surface area contributed by atoms with E-state index in [2.05, 4.69) is 53.8 Å². The number of hydrogen-bond acceptors (Lipinski definition) is 8. The molecular weight excluding hydrogens is 650 g/mol. The molecule has 0 saturated carbocycles. The molecule has 2 aromatic carbocycles. The van der Waals surface area contributed by atoms with Gasteiger partial charge in [0.15, 0.2) is 0 Å². The van der Waals surface area contributed by atoms with Crippen LogP contribution in [0.1, 0.15) is 56.1 Å². The van der Waals surface area contributed by atoms with Crippen LogP contribution in [0.15, 0.2) is 73.1 Å². The number of nitrogens with one attached hydrogen (secondary N) is 4. The third-order valence-corrected chi connectivity index (χ3v) is 7.53. The molecule has 0 aliphatic carbocycles. The fourth-order valence-corrected chi connectivity index (χ4v) is 4.94. The minimum Gasteiger partial charge on any atom is -0.453 e. The van der Waals surface area contributed by atoms with E-state index in [9.17, 15) is 19.2 Å². The smallest absolute Gasteiger partial charge is 0.407 e. The number of hydrogen-bond donors (Lipinski definition) is 4. The van der Waals surface area contributed by atoms with E-state index < -0.39 is 12.2 Å². The Kier molecular flexibility index (Phi) is 15.8. The highest BCUT2D eigenvalue weighted by molar-refractivity contribution is 5.83. The van der Waals surface area contributed by atoms with Gasteiger partial charge in [-0.05, 0) is 55.2 Å². The lowest BCUT2D eigenvalue weighted by Crippen LogP contribution is -2.42. The molecule has 51 heavy (non-hydrogen) atoms. The zero-order valence-electron chi connectivity index (χ0n) is 29.9. The number of nitrogens with zero attached hydrogens (tertiary/aromatic N) is 3. The van der Waals surface area contributed by atoms with Gasteiger partial charge in [0, 0.05) is 35.6 Å². The first kappa shape index (κ1) is 39.4. The number of carbonyl (C=O) groups is 4. The minimum atomic E-state index is -0.657. The van der Waals surface area contributed by atoms with E-state index in [1.54, 1.807) is 16.0 Å². The molecule has 4 N–H and O–H groups in total. The van der Waals surface area contributed by atoms with Gasteiger partial charge < -0.3 is 40.2 Å². The largest absolute Gasteiger partial charge is 0.453 e. The number of alkyl carbamates (subject to hydrolysis) is 2. The number of rotatable bonds is 16. The summed E-state index contributed by atoms with van der Waals surface area (Å²) in [6, 6.07) is 15.6. The maximum absolute atomic E-state index is 12.6. The Balaban J connectivity index is 1.59. The molecule has 0 bridgehead atoms. The first-order chi connectivity index (χ1) is 24.6. The lowest BCUT2D eigenvalue weighted by molar-refractivity contribution is -0.131. The number of carbonyl (C=O) groups excluding carboxylic acids is 4. The lowest BCUT2D eigenvalue weighted by Gasteiger charge is -2.24. The number of benzene rings is 2. The number of H-pyrrole nitrogens is 1. The summed E-state index contributed by atoms with van der Waals surface area (Å²) in [5.41, 5.74) is 5.86. The van der Waals surface area contributed by atoms with E-state index in [4.69, 9.17) is 0 Å². The van der Waals surface area contributed by atoms with Crippen molar-refractivity contribution in [1.29, 1.82) is 0 Å². The molecule has 3 rings (SSSR count). The first-order valence-electron chi connectivity index (χ1n) is 16.7. The number of allylic oxidation sites excluding steroid dienone is 1. The fourth-order valence-electron chi connectivity index (χ4n) is 4.94. The van der Waals surface area contributed by atoms with Crippen LogP contribution < -0.4 is 16.0 Å². The summed E-state index contributed by atoms with van der Waals surface area (Å²) in [5.74, 6) is 6.60. The number of methoxy groups -OCH3 is 2. The third-order valence-electron chi connectivity index (χ3n) is 7.53. The normalized spacial score (nSPS) is 10.6. The van der Waals surface area contributed by atoms with Crippen molar-refractivity contribution in [2.45, 2.75) is 40.2 Å². The van der Waals surface area contributed by atoms with Gasteiger partial charge in [0.1, 0.15) is 18.9 Å². The van der Waals surface area contributed by atoms with E-state index in [-0.39, 0.29) is 38.0 Å². The molecule has 1 heterocycles. The van der Waals surface area contributed by atoms with E-state index in [0.717, 1.165) is 46.5 Å². The maximum Gasteiger partial charge on any atom is 0.407 e. The molecular formula is C38H47N7O6. The summed E-state index contributed by atoms with van der Waals surface area (Å²) in [5, 5.41) is 8.16. The van der Waals surface area contributed by atoms with Crippen LogP contribution in [0, 0.1) is 11.8 Å². The summed E-state index contributed by atoms with van der Waals surface area (Å²) in [4.78, 5) is 59.0. The Morgan fingerprint density at radius 2 is 1.37 bits per heavy atom. The Labute approximate surface area is 299 Å². The second-order valence-electron chi connectivity index (χ2n) is 11.4. The van der Waals surface area contributed by atoms with Gasteiger partial charge in [0.05, 0.1) is 39.2 Å². The zero-order chi connectivity index (χ0) is 37.2. The zero-order valence-corrected chi connectivity index (χ0v) is 29.9. The van der Waals surface area contributed by atoms with Gasteiger partial charge >= 0.3 is 12.2 Å². The van der Waals surface area contributed by atoms with Crippen molar-refractivity contribution < 1.29 is 28.7 Å². The monoisotopic (exact) mass is 697 g/mol. The van der Waals surface area contributed by atoms with E-state index >= 15 is 0 Å². The lowest BCUT2D eigenvalue weighted by atomic mass is 10.1. The van der Waals surface area contributed by atoms with Crippen LogP contribution in [0.2, 0.25) is 0 Å². The molecule has 1 aromatic heterocycles. The molecule has 13 heteroatoms. The highest BCUT2D eigenvalue weighted by Gasteiger charge is 2.17. The summed E-state index contributed by atoms with van der Waals surface area (Å²) < 4.78 is 9.09. The minimum absolute atomic E-state index is 0.152. The van der Waals surface area contributed by atoms with E-state index in [1.807, 2.05) is 75.4 Å². The Morgan fingerprint density at radius 1 is 0.843 bits per heavy atom. The third kappa shape index (κ3) is 12.7. The van der Waals surface area contributed by atoms with E-state index in [0.29, 0.717) is 24.6 Å². The Morgan fingerprint density at radius 3 is 1.90 bits per heavy atom. The molecule has 3 aromatic rings. The second-order valence-corrected chi connectivity index (χ2v) is 11.4. The second kappa shape index (κ2) is 20.5. The van der Waals surface area contributed by atoms with Crippen LogP contribution in [-0.2, 0) is 25.6 Å². The fraction of sp³-hybridized carbons (Fsp3) is 0.342. The van der Waals surface area contributed by atoms with Crippen LogP contribution in [0.25, 0.3) is 17.0 Å². The average molecular weight is 698 g/mol. The van der Waals surface area contributed by atoms with Crippen molar-refractivity contribution >= 4 is 29.7 Å². The molecule has 0 aliphatic rings. The summed E-state index contributed by atoms with van der Waals surface area (Å²) in [6.07, 6.45) is 3.88. The Bertz CT molecular complexity index is 1740. The van der Waals surface area contributed by atoms with Crippen LogP contribution in [0.4, 0.5) is 9.59 Å². The van der Waals surface area contributed by atoms with Crippen LogP contribution >= 0.6 is 0 Å². The number of amides is 4. The standard InChI is InChI=1S/C38H47N7O6/c1-7-20-44(35(46)23-40-37(48)50-5)25-27(4)42-32(9-3)30-16-12-28(13-17-30)10-11-29-14-18-31(19-15-29)33-22-39-34(43-33)26-45(21-8-2)36(47)24-41-38(49)51-6/h9,12-19,22,42H,4,7-8,20-21,23-26H2,1-3,5-6H3,(H,39,43)(H,40,48)(H,41,49)/b32-9-. The van der Waals surface area contributed by atoms with Crippen LogP contribution in [0.3, 0.4) is 0 Å². The van der Waals surface area contributed by atoms with Gasteiger partial charge in [0.2, 0.25) is 11.8 Å². The molecule has 0 saturated heterocycles. The van der Waals surface area contributed by atoms with Crippen molar-refractivity contribution in [2.24, 2.45) is 0 Å². The Hall–Kier alpha value is -6.03. The van der Waals surface area contributed by atoms with Gasteiger partial charge in [-0.1, -0.05) is 62.6 Å². The first-order valence-corrected chi connectivity index (χ1v) is 16.7. The predicted octanol–water partition coefficient (Wildman–Crippen LogP) is 4.63. The van der Waals surface area contributed by atoms with Gasteiger partial charge in [-0.25, -0.2) is 14.6 Å². The topological polar surface area (TPSA) is 158 Å². The van der Waals surface area contributed by atoms with Crippen molar-refractivity contribution in [3.05, 3.63) is 95.6 Å². The molecule has 270 valence electrons. The average Bonchev–Trinajstić information content (AvgIpc) is 3.62. The molecule has 4 amide bonds. The number of ether oxygens (including phenoxy) is 2. The molecule has 13 nitrogen and oxygen atoms in total. The predicted molar refractivity (Wildman–Crippen MR) is 196 cm³/mol. The molecule has 0 radical (unpaired) electrons. The van der Waals surface area contributed by atoms with Crippen molar-refractivity contribution in [1.82, 2.24) is 35.7 Å². The maximum atomic E-state index is 12.6. The van der Waals surface area contributed by atoms with Crippen LogP contribution in [-0.4, -0.2) is 90.7 Å². The summed E-state index contributed by atoms with van der Waals surface area (Å²) >= 11 is 0. The van der Waals surface area contributed by atoms with Crippen molar-refractivity contribution in [3.8, 4) is 23.1 Å². The summed E-state index contributed by atoms with van der Waals surface area (Å²) in [7, 11) is 2.50. The summed E-state index contributed by atoms with van der Waals surface area (Å²) in [6.45, 7) is 11.3. The molecule has 0 spiro atoms.